The Bertz CT molecular complexity index is 1690. The third kappa shape index (κ3) is 6.54. The molecule has 2 heterocycles. The second kappa shape index (κ2) is 12.9. The van der Waals surface area contributed by atoms with Gasteiger partial charge in [-0.25, -0.2) is 9.36 Å². The first kappa shape index (κ1) is 31.4. The van der Waals surface area contributed by atoms with Gasteiger partial charge in [0.05, 0.1) is 20.8 Å². The van der Waals surface area contributed by atoms with E-state index in [1.807, 2.05) is 54.6 Å². The summed E-state index contributed by atoms with van der Waals surface area (Å²) in [6, 6.07) is 24.0. The number of ether oxygens (including phenoxy) is 4. The summed E-state index contributed by atoms with van der Waals surface area (Å²) in [5.74, 6) is 1.26. The number of hydrogen-bond acceptors (Lipinski definition) is 8. The molecule has 11 nitrogen and oxygen atoms in total. The standard InChI is InChI=1S/C31H32FN2O9P/c1-20-18-34(30(36)33-29(20)35)28-17-26(43-44(32,37)38)27(42-28)19-41-31(21-7-5-4-6-8-21,22-9-13-24(39-2)14-10-22)23-11-15-25(40-3)16-12-23/h4-16,18,26-28H,17,19H2,1-3H3,(H,37,38)(H,33,35,36)/t26-,27+,28+/m0/s1. The lowest BCUT2D eigenvalue weighted by Crippen LogP contribution is -2.38. The Morgan fingerprint density at radius 2 is 1.50 bits per heavy atom. The molecule has 1 saturated heterocycles. The van der Waals surface area contributed by atoms with Gasteiger partial charge in [0.15, 0.2) is 0 Å². The number of benzene rings is 3. The molecule has 0 aliphatic carbocycles. The fourth-order valence-corrected chi connectivity index (χ4v) is 5.94. The van der Waals surface area contributed by atoms with Gasteiger partial charge in [0.2, 0.25) is 0 Å². The number of nitrogens with zero attached hydrogens (tertiary/aromatic N) is 1. The molecule has 44 heavy (non-hydrogen) atoms. The summed E-state index contributed by atoms with van der Waals surface area (Å²) in [5, 5.41) is 0. The van der Waals surface area contributed by atoms with Crippen molar-refractivity contribution in [1.82, 2.24) is 9.55 Å². The van der Waals surface area contributed by atoms with Crippen LogP contribution in [0.15, 0.2) is 94.6 Å². The number of nitrogens with one attached hydrogen (secondary N) is 1. The molecule has 4 atom stereocenters. The molecular weight excluding hydrogens is 594 g/mol. The lowest BCUT2D eigenvalue weighted by atomic mass is 9.80. The van der Waals surface area contributed by atoms with Gasteiger partial charge in [0.25, 0.3) is 5.56 Å². The van der Waals surface area contributed by atoms with Gasteiger partial charge >= 0.3 is 13.6 Å². The van der Waals surface area contributed by atoms with E-state index in [2.05, 4.69) is 4.98 Å². The molecular formula is C31H32FN2O9P. The first-order valence-corrected chi connectivity index (χ1v) is 15.2. The maximum atomic E-state index is 14.0. The predicted octanol–water partition coefficient (Wildman–Crippen LogP) is 4.61. The Kier molecular flexibility index (Phi) is 9.19. The van der Waals surface area contributed by atoms with Crippen molar-refractivity contribution in [3.05, 3.63) is 128 Å². The van der Waals surface area contributed by atoms with Crippen LogP contribution in [-0.2, 0) is 24.2 Å². The van der Waals surface area contributed by atoms with Crippen LogP contribution in [0.1, 0.15) is 34.9 Å². The zero-order valence-corrected chi connectivity index (χ0v) is 25.1. The molecule has 13 heteroatoms. The van der Waals surface area contributed by atoms with Crippen LogP contribution in [0.2, 0.25) is 0 Å². The van der Waals surface area contributed by atoms with Gasteiger partial charge in [-0.3, -0.25) is 23.8 Å². The molecule has 0 radical (unpaired) electrons. The van der Waals surface area contributed by atoms with Crippen molar-refractivity contribution < 1.29 is 37.1 Å². The van der Waals surface area contributed by atoms with Crippen molar-refractivity contribution in [3.8, 4) is 11.5 Å². The molecule has 1 fully saturated rings. The lowest BCUT2D eigenvalue weighted by molar-refractivity contribution is -0.0929. The van der Waals surface area contributed by atoms with Crippen molar-refractivity contribution in [2.24, 2.45) is 0 Å². The Labute approximate surface area is 252 Å². The summed E-state index contributed by atoms with van der Waals surface area (Å²) in [6.45, 7) is 1.25. The fourth-order valence-electron chi connectivity index (χ4n) is 5.38. The number of methoxy groups -OCH3 is 2. The van der Waals surface area contributed by atoms with Crippen LogP contribution < -0.4 is 20.7 Å². The van der Waals surface area contributed by atoms with Gasteiger partial charge in [-0.2, -0.15) is 0 Å². The van der Waals surface area contributed by atoms with Crippen LogP contribution in [0, 0.1) is 6.92 Å². The SMILES string of the molecule is COc1ccc(C(OC[C@H]2O[C@@H](n3cc(C)c(=O)[nH]c3=O)C[C@@H]2OP(=O)(O)F)(c2ccccc2)c2ccc(OC)cc2)cc1. The molecule has 1 unspecified atom stereocenters. The van der Waals surface area contributed by atoms with E-state index in [4.69, 9.17) is 23.5 Å². The highest BCUT2D eigenvalue weighted by atomic mass is 31.2. The van der Waals surface area contributed by atoms with Gasteiger partial charge in [0.1, 0.15) is 35.5 Å². The highest BCUT2D eigenvalue weighted by Gasteiger charge is 2.45. The van der Waals surface area contributed by atoms with E-state index < -0.39 is 43.2 Å². The van der Waals surface area contributed by atoms with Gasteiger partial charge < -0.3 is 18.9 Å². The summed E-state index contributed by atoms with van der Waals surface area (Å²) in [6.07, 6.45) is -2.29. The predicted molar refractivity (Wildman–Crippen MR) is 159 cm³/mol. The van der Waals surface area contributed by atoms with Gasteiger partial charge in [-0.05, 0) is 47.9 Å². The highest BCUT2D eigenvalue weighted by molar-refractivity contribution is 7.46. The van der Waals surface area contributed by atoms with E-state index in [1.165, 1.54) is 13.1 Å². The summed E-state index contributed by atoms with van der Waals surface area (Å²) in [5.41, 5.74) is -0.171. The summed E-state index contributed by atoms with van der Waals surface area (Å²) >= 11 is 0. The number of hydrogen-bond donors (Lipinski definition) is 2. The number of halogens is 1. The van der Waals surface area contributed by atoms with Crippen LogP contribution >= 0.6 is 7.91 Å². The van der Waals surface area contributed by atoms with Crippen molar-refractivity contribution in [2.75, 3.05) is 20.8 Å². The zero-order chi connectivity index (χ0) is 31.5. The smallest absolute Gasteiger partial charge is 0.497 e. The quantitative estimate of drug-likeness (QED) is 0.181. The van der Waals surface area contributed by atoms with Crippen LogP contribution in [0.3, 0.4) is 0 Å². The van der Waals surface area contributed by atoms with Gasteiger partial charge in [0, 0.05) is 18.2 Å². The van der Waals surface area contributed by atoms with E-state index in [-0.39, 0.29) is 18.6 Å². The van der Waals surface area contributed by atoms with Crippen LogP contribution in [0.4, 0.5) is 4.20 Å². The Morgan fingerprint density at radius 3 is 2.02 bits per heavy atom. The third-order valence-corrected chi connectivity index (χ3v) is 8.07. The average Bonchev–Trinajstić information content (AvgIpc) is 3.41. The second-order valence-corrected chi connectivity index (χ2v) is 11.4. The third-order valence-electron chi connectivity index (χ3n) is 7.54. The molecule has 4 aromatic rings. The minimum absolute atomic E-state index is 0.169. The molecule has 0 amide bonds. The molecule has 5 rings (SSSR count). The van der Waals surface area contributed by atoms with Crippen LogP contribution in [0.25, 0.3) is 0 Å². The lowest BCUT2D eigenvalue weighted by Gasteiger charge is -2.37. The minimum Gasteiger partial charge on any atom is -0.497 e. The fraction of sp³-hybridized carbons (Fsp3) is 0.290. The number of aromatic nitrogens is 2. The molecule has 1 aliphatic rings. The van der Waals surface area contributed by atoms with E-state index in [1.54, 1.807) is 38.5 Å². The van der Waals surface area contributed by atoms with E-state index >= 15 is 0 Å². The molecule has 2 N–H and O–H groups in total. The van der Waals surface area contributed by atoms with E-state index in [0.29, 0.717) is 22.6 Å². The first-order valence-electron chi connectivity index (χ1n) is 13.7. The zero-order valence-electron chi connectivity index (χ0n) is 24.2. The Morgan fingerprint density at radius 1 is 0.955 bits per heavy atom. The summed E-state index contributed by atoms with van der Waals surface area (Å²) in [7, 11) is -2.34. The molecule has 232 valence electrons. The van der Waals surface area contributed by atoms with Crippen molar-refractivity contribution in [2.45, 2.75) is 37.4 Å². The first-order chi connectivity index (χ1) is 21.0. The molecule has 1 aliphatic heterocycles. The van der Waals surface area contributed by atoms with Crippen molar-refractivity contribution >= 4 is 7.91 Å². The number of rotatable bonds is 11. The van der Waals surface area contributed by atoms with Crippen molar-refractivity contribution in [3.63, 3.8) is 0 Å². The number of H-pyrrole nitrogens is 1. The Balaban J connectivity index is 1.59. The topological polar surface area (TPSA) is 138 Å². The van der Waals surface area contributed by atoms with Gasteiger partial charge in [-0.1, -0.05) is 54.6 Å². The van der Waals surface area contributed by atoms with E-state index in [0.717, 1.165) is 10.1 Å². The van der Waals surface area contributed by atoms with E-state index in [9.17, 15) is 23.2 Å². The molecule has 0 spiro atoms. The molecule has 0 bridgehead atoms. The van der Waals surface area contributed by atoms with Crippen molar-refractivity contribution in [1.29, 1.82) is 0 Å². The maximum absolute atomic E-state index is 14.0. The number of aryl methyl sites for hydroxylation is 1. The second-order valence-electron chi connectivity index (χ2n) is 10.3. The minimum atomic E-state index is -5.46. The monoisotopic (exact) mass is 626 g/mol. The molecule has 3 aromatic carbocycles. The molecule has 1 aromatic heterocycles. The maximum Gasteiger partial charge on any atom is 0.510 e. The average molecular weight is 627 g/mol. The highest BCUT2D eigenvalue weighted by Crippen LogP contribution is 2.49. The summed E-state index contributed by atoms with van der Waals surface area (Å²) < 4.78 is 55.5. The Hall–Kier alpha value is -4.06. The van der Waals surface area contributed by atoms with Gasteiger partial charge in [-0.15, -0.1) is 4.20 Å². The summed E-state index contributed by atoms with van der Waals surface area (Å²) in [4.78, 5) is 36.2. The van der Waals surface area contributed by atoms with Crippen LogP contribution in [0.5, 0.6) is 11.5 Å². The normalized spacial score (nSPS) is 19.8. The largest absolute Gasteiger partial charge is 0.510 e. The molecule has 0 saturated carbocycles. The number of aromatic amines is 1. The van der Waals surface area contributed by atoms with Crippen LogP contribution in [-0.4, -0.2) is 47.5 Å².